The van der Waals surface area contributed by atoms with Gasteiger partial charge in [-0.3, -0.25) is 9.69 Å². The number of nitrogens with zero attached hydrogens (tertiary/aromatic N) is 6. The van der Waals surface area contributed by atoms with Crippen LogP contribution in [0.3, 0.4) is 0 Å². The number of carbonyl (C=O) groups is 1. The van der Waals surface area contributed by atoms with Gasteiger partial charge in [-0.15, -0.1) is 21.5 Å². The van der Waals surface area contributed by atoms with E-state index in [1.54, 1.807) is 16.7 Å². The summed E-state index contributed by atoms with van der Waals surface area (Å²) >= 11 is 1.54. The van der Waals surface area contributed by atoms with Gasteiger partial charge in [0.15, 0.2) is 5.82 Å². The fourth-order valence-electron chi connectivity index (χ4n) is 3.50. The van der Waals surface area contributed by atoms with Gasteiger partial charge in [0.05, 0.1) is 17.7 Å². The number of hydrogen-bond acceptors (Lipinski definition) is 8. The smallest absolute Gasteiger partial charge is 0.310 e. The zero-order chi connectivity index (χ0) is 22.7. The van der Waals surface area contributed by atoms with Crippen molar-refractivity contribution in [3.63, 3.8) is 0 Å². The quantitative estimate of drug-likeness (QED) is 0.471. The number of carbonyl (C=O) groups excluding carboxylic acids is 3. The Morgan fingerprint density at radius 1 is 1.12 bits per heavy atom. The van der Waals surface area contributed by atoms with E-state index in [0.29, 0.717) is 29.4 Å². The van der Waals surface area contributed by atoms with Gasteiger partial charge in [0.2, 0.25) is 0 Å². The van der Waals surface area contributed by atoms with Crippen LogP contribution in [0, 0.1) is 0 Å². The Labute approximate surface area is 187 Å². The van der Waals surface area contributed by atoms with Crippen molar-refractivity contribution < 1.29 is 14.4 Å². The standard InChI is InChI=1S/C21H18N6OS.CO2/c1-13(2)27-11-23-25-20(27)17-4-3-5-19(24-17)26-9-15-7-6-14(8-16(15)21(26)28)18-10-29-12-22-18;2-1-3/h3-8,10-13H,9H2,1-2H3;. The number of benzene rings is 1. The second-order valence-electron chi connectivity index (χ2n) is 7.26. The second-order valence-corrected chi connectivity index (χ2v) is 7.98. The van der Waals surface area contributed by atoms with Crippen molar-refractivity contribution in [2.24, 2.45) is 0 Å². The summed E-state index contributed by atoms with van der Waals surface area (Å²) in [5.74, 6) is 1.25. The Balaban J connectivity index is 0.000000775. The maximum atomic E-state index is 13.1. The van der Waals surface area contributed by atoms with E-state index in [1.165, 1.54) is 11.3 Å². The summed E-state index contributed by atoms with van der Waals surface area (Å²) in [5, 5.41) is 10.2. The molecule has 1 aromatic carbocycles. The molecule has 0 bridgehead atoms. The van der Waals surface area contributed by atoms with Crippen molar-refractivity contribution in [1.82, 2.24) is 24.7 Å². The summed E-state index contributed by atoms with van der Waals surface area (Å²) in [7, 11) is 0. The SMILES string of the molecule is CC(C)n1cnnc1-c1cccc(N2Cc3ccc(-c4cscn4)cc3C2=O)n1.O=C=O. The summed E-state index contributed by atoms with van der Waals surface area (Å²) in [6.07, 6.45) is 1.95. The van der Waals surface area contributed by atoms with Crippen molar-refractivity contribution >= 4 is 29.2 Å². The van der Waals surface area contributed by atoms with Crippen molar-refractivity contribution in [1.29, 1.82) is 0 Å². The maximum absolute atomic E-state index is 13.1. The highest BCUT2D eigenvalue weighted by atomic mass is 32.1. The summed E-state index contributed by atoms with van der Waals surface area (Å²) in [6.45, 7) is 4.63. The highest BCUT2D eigenvalue weighted by Crippen LogP contribution is 2.31. The Morgan fingerprint density at radius 2 is 1.94 bits per heavy atom. The third-order valence-electron chi connectivity index (χ3n) is 5.01. The molecule has 32 heavy (non-hydrogen) atoms. The van der Waals surface area contributed by atoms with Gasteiger partial charge in [0.1, 0.15) is 17.8 Å². The van der Waals surface area contributed by atoms with Crippen molar-refractivity contribution in [2.45, 2.75) is 26.4 Å². The normalized spacial score (nSPS) is 12.3. The molecule has 1 aliphatic rings. The molecule has 0 N–H and O–H groups in total. The molecule has 4 heterocycles. The van der Waals surface area contributed by atoms with Crippen molar-refractivity contribution in [3.8, 4) is 22.8 Å². The molecule has 160 valence electrons. The first-order chi connectivity index (χ1) is 15.5. The maximum Gasteiger partial charge on any atom is 0.373 e. The van der Waals surface area contributed by atoms with Crippen LogP contribution in [0.15, 0.2) is 53.6 Å². The molecule has 1 aliphatic heterocycles. The number of amides is 1. The van der Waals surface area contributed by atoms with E-state index >= 15 is 0 Å². The molecule has 0 spiro atoms. The molecule has 0 unspecified atom stereocenters. The lowest BCUT2D eigenvalue weighted by Gasteiger charge is -2.16. The van der Waals surface area contributed by atoms with Crippen LogP contribution in [-0.4, -0.2) is 36.8 Å². The fraction of sp³-hybridized carbons (Fsp3) is 0.182. The van der Waals surface area contributed by atoms with E-state index in [9.17, 15) is 4.79 Å². The van der Waals surface area contributed by atoms with Crippen LogP contribution in [0.25, 0.3) is 22.8 Å². The molecule has 0 aliphatic carbocycles. The van der Waals surface area contributed by atoms with Gasteiger partial charge in [0, 0.05) is 22.5 Å². The van der Waals surface area contributed by atoms with Gasteiger partial charge >= 0.3 is 6.15 Å². The molecule has 3 aromatic heterocycles. The van der Waals surface area contributed by atoms with Crippen LogP contribution in [-0.2, 0) is 16.1 Å². The number of thiazole rings is 1. The van der Waals surface area contributed by atoms with Crippen LogP contribution in [0.1, 0.15) is 35.8 Å². The fourth-order valence-corrected chi connectivity index (χ4v) is 4.06. The largest absolute Gasteiger partial charge is 0.373 e. The average molecular weight is 446 g/mol. The van der Waals surface area contributed by atoms with Gasteiger partial charge in [-0.05, 0) is 37.6 Å². The van der Waals surface area contributed by atoms with Crippen molar-refractivity contribution in [2.75, 3.05) is 4.90 Å². The minimum absolute atomic E-state index is 0.0490. The number of hydrogen-bond donors (Lipinski definition) is 0. The van der Waals surface area contributed by atoms with E-state index in [1.807, 2.05) is 46.3 Å². The number of rotatable bonds is 4. The lowest BCUT2D eigenvalue weighted by Crippen LogP contribution is -2.24. The minimum atomic E-state index is -0.0490. The first-order valence-corrected chi connectivity index (χ1v) is 10.7. The van der Waals surface area contributed by atoms with Crippen LogP contribution < -0.4 is 4.90 Å². The van der Waals surface area contributed by atoms with E-state index in [0.717, 1.165) is 16.8 Å². The molecule has 0 radical (unpaired) electrons. The van der Waals surface area contributed by atoms with E-state index < -0.39 is 0 Å². The van der Waals surface area contributed by atoms with Gasteiger partial charge in [-0.2, -0.15) is 9.59 Å². The van der Waals surface area contributed by atoms with Crippen LogP contribution >= 0.6 is 11.3 Å². The summed E-state index contributed by atoms with van der Waals surface area (Å²) in [5.41, 5.74) is 6.02. The Bertz CT molecular complexity index is 1290. The van der Waals surface area contributed by atoms with Crippen LogP contribution in [0.2, 0.25) is 0 Å². The molecule has 4 aromatic rings. The van der Waals surface area contributed by atoms with E-state index in [-0.39, 0.29) is 18.1 Å². The molecule has 0 saturated carbocycles. The Morgan fingerprint density at radius 3 is 2.66 bits per heavy atom. The van der Waals surface area contributed by atoms with Crippen molar-refractivity contribution in [3.05, 3.63) is 64.7 Å². The minimum Gasteiger partial charge on any atom is -0.310 e. The summed E-state index contributed by atoms with van der Waals surface area (Å²) in [4.78, 5) is 40.1. The highest BCUT2D eigenvalue weighted by Gasteiger charge is 2.30. The summed E-state index contributed by atoms with van der Waals surface area (Å²) in [6, 6.07) is 11.8. The zero-order valence-corrected chi connectivity index (χ0v) is 18.1. The Kier molecular flexibility index (Phi) is 5.98. The monoisotopic (exact) mass is 446 g/mol. The van der Waals surface area contributed by atoms with Gasteiger partial charge in [-0.1, -0.05) is 18.2 Å². The van der Waals surface area contributed by atoms with Crippen LogP contribution in [0.4, 0.5) is 5.82 Å². The second kappa shape index (κ2) is 9.01. The van der Waals surface area contributed by atoms with Gasteiger partial charge in [0.25, 0.3) is 5.91 Å². The average Bonchev–Trinajstić information content (AvgIpc) is 3.55. The molecule has 0 saturated heterocycles. The predicted molar refractivity (Wildman–Crippen MR) is 117 cm³/mol. The topological polar surface area (TPSA) is 111 Å². The molecule has 0 atom stereocenters. The number of aromatic nitrogens is 5. The molecular weight excluding hydrogens is 428 g/mol. The number of fused-ring (bicyclic) bond motifs is 1. The molecule has 0 fully saturated rings. The number of anilines is 1. The third kappa shape index (κ3) is 3.96. The molecule has 9 nitrogen and oxygen atoms in total. The molecular formula is C22H18N6O3S. The summed E-state index contributed by atoms with van der Waals surface area (Å²) < 4.78 is 1.97. The van der Waals surface area contributed by atoms with E-state index in [2.05, 4.69) is 29.0 Å². The predicted octanol–water partition coefficient (Wildman–Crippen LogP) is 3.62. The van der Waals surface area contributed by atoms with E-state index in [4.69, 9.17) is 14.6 Å². The zero-order valence-electron chi connectivity index (χ0n) is 17.3. The number of pyridine rings is 1. The lowest BCUT2D eigenvalue weighted by atomic mass is 10.0. The Hall–Kier alpha value is -4.01. The lowest BCUT2D eigenvalue weighted by molar-refractivity contribution is -0.191. The van der Waals surface area contributed by atoms with Gasteiger partial charge < -0.3 is 4.57 Å². The molecule has 1 amide bonds. The first-order valence-electron chi connectivity index (χ1n) is 9.73. The highest BCUT2D eigenvalue weighted by molar-refractivity contribution is 7.07. The first kappa shape index (κ1) is 21.2. The molecule has 5 rings (SSSR count). The van der Waals surface area contributed by atoms with Gasteiger partial charge in [-0.25, -0.2) is 9.97 Å². The van der Waals surface area contributed by atoms with Crippen LogP contribution in [0.5, 0.6) is 0 Å². The molecule has 10 heteroatoms. The third-order valence-corrected chi connectivity index (χ3v) is 5.60.